The molecule has 2 aromatic rings. The highest BCUT2D eigenvalue weighted by molar-refractivity contribution is 6.04. The number of likely N-dealkylation sites (N-methyl/N-ethyl adjacent to an activating group) is 1. The van der Waals surface area contributed by atoms with Gasteiger partial charge in [-0.1, -0.05) is 24.3 Å². The van der Waals surface area contributed by atoms with Crippen LogP contribution in [0.2, 0.25) is 0 Å². The standard InChI is InChI=1S/C27H34N8O/c1-33(2)20-16-35(17-20)26-30-22-14-27(10-5-7-18-6-3-4-8-21(18)27)25(36)31-23(22)24(32-26)34-13-12-29-19(15-34)9-11-28/h3-4,6,8,19-20,29H,5,7,9-10,12-17H2,1-2H3,(H,31,36)/t19-,27?/m0/s1. The lowest BCUT2D eigenvalue weighted by Crippen LogP contribution is -2.58. The van der Waals surface area contributed by atoms with Crippen LogP contribution in [0.25, 0.3) is 0 Å². The molecular weight excluding hydrogens is 452 g/mol. The van der Waals surface area contributed by atoms with Crippen molar-refractivity contribution in [2.75, 3.05) is 61.9 Å². The zero-order valence-electron chi connectivity index (χ0n) is 21.1. The van der Waals surface area contributed by atoms with Crippen LogP contribution in [-0.2, 0) is 23.1 Å². The average molecular weight is 487 g/mol. The number of benzene rings is 1. The number of aryl methyl sites for hydroxylation is 1. The molecule has 1 amide bonds. The number of anilines is 3. The Kier molecular flexibility index (Phi) is 5.81. The van der Waals surface area contributed by atoms with Gasteiger partial charge in [-0.25, -0.2) is 4.98 Å². The number of amides is 1. The Labute approximate surface area is 212 Å². The number of nitrogens with one attached hydrogen (secondary N) is 2. The van der Waals surface area contributed by atoms with Crippen LogP contribution in [0.3, 0.4) is 0 Å². The maximum atomic E-state index is 13.8. The van der Waals surface area contributed by atoms with Gasteiger partial charge in [-0.2, -0.15) is 10.2 Å². The van der Waals surface area contributed by atoms with E-state index in [2.05, 4.69) is 63.7 Å². The molecule has 1 aromatic heterocycles. The molecule has 2 fully saturated rings. The van der Waals surface area contributed by atoms with E-state index in [-0.39, 0.29) is 11.9 Å². The lowest BCUT2D eigenvalue weighted by Gasteiger charge is -2.45. The summed E-state index contributed by atoms with van der Waals surface area (Å²) >= 11 is 0. The number of hydrogen-bond acceptors (Lipinski definition) is 8. The smallest absolute Gasteiger partial charge is 0.235 e. The van der Waals surface area contributed by atoms with Gasteiger partial charge in [-0.05, 0) is 44.5 Å². The second kappa shape index (κ2) is 9.02. The van der Waals surface area contributed by atoms with Crippen LogP contribution in [0.15, 0.2) is 24.3 Å². The molecule has 0 bridgehead atoms. The number of carbonyl (C=O) groups excluding carboxylic acids is 1. The third kappa shape index (κ3) is 3.80. The molecule has 2 atom stereocenters. The molecule has 1 spiro atoms. The van der Waals surface area contributed by atoms with Gasteiger partial charge in [0.2, 0.25) is 11.9 Å². The van der Waals surface area contributed by atoms with Crippen LogP contribution in [0.5, 0.6) is 0 Å². The molecule has 188 valence electrons. The Balaban J connectivity index is 1.41. The van der Waals surface area contributed by atoms with Gasteiger partial charge in [-0.15, -0.1) is 0 Å². The van der Waals surface area contributed by atoms with Gasteiger partial charge in [0.15, 0.2) is 5.82 Å². The van der Waals surface area contributed by atoms with E-state index in [9.17, 15) is 10.1 Å². The average Bonchev–Trinajstić information content (AvgIpc) is 2.84. The van der Waals surface area contributed by atoms with E-state index in [0.717, 1.165) is 74.2 Å². The molecular formula is C27H34N8O. The second-order valence-electron chi connectivity index (χ2n) is 10.9. The molecule has 1 aromatic carbocycles. The number of piperazine rings is 1. The quantitative estimate of drug-likeness (QED) is 0.674. The number of nitrogens with zero attached hydrogens (tertiary/aromatic N) is 6. The molecule has 4 aliphatic rings. The van der Waals surface area contributed by atoms with E-state index >= 15 is 0 Å². The van der Waals surface area contributed by atoms with Crippen LogP contribution in [-0.4, -0.2) is 79.7 Å². The number of hydrogen-bond donors (Lipinski definition) is 2. The molecule has 0 radical (unpaired) electrons. The van der Waals surface area contributed by atoms with Crippen molar-refractivity contribution in [2.45, 2.75) is 49.6 Å². The third-order valence-corrected chi connectivity index (χ3v) is 8.45. The molecule has 3 aliphatic heterocycles. The minimum Gasteiger partial charge on any atom is -0.352 e. The molecule has 36 heavy (non-hydrogen) atoms. The van der Waals surface area contributed by atoms with E-state index in [1.807, 2.05) is 6.07 Å². The second-order valence-corrected chi connectivity index (χ2v) is 10.9. The van der Waals surface area contributed by atoms with Crippen LogP contribution in [0.1, 0.15) is 36.1 Å². The van der Waals surface area contributed by atoms with Crippen molar-refractivity contribution in [3.63, 3.8) is 0 Å². The van der Waals surface area contributed by atoms with Gasteiger partial charge >= 0.3 is 0 Å². The first-order valence-corrected chi connectivity index (χ1v) is 13.1. The van der Waals surface area contributed by atoms with Gasteiger partial charge in [0.25, 0.3) is 0 Å². The van der Waals surface area contributed by atoms with Crippen molar-refractivity contribution < 1.29 is 4.79 Å². The molecule has 2 saturated heterocycles. The lowest BCUT2D eigenvalue weighted by atomic mass is 9.65. The molecule has 9 heteroatoms. The molecule has 9 nitrogen and oxygen atoms in total. The molecule has 0 saturated carbocycles. The fourth-order valence-electron chi connectivity index (χ4n) is 6.26. The van der Waals surface area contributed by atoms with Gasteiger partial charge in [0.1, 0.15) is 5.69 Å². The van der Waals surface area contributed by atoms with Gasteiger partial charge in [0.05, 0.1) is 23.6 Å². The first-order chi connectivity index (χ1) is 17.5. The molecule has 6 rings (SSSR count). The van der Waals surface area contributed by atoms with Crippen LogP contribution >= 0.6 is 0 Å². The minimum absolute atomic E-state index is 0.0556. The fourth-order valence-corrected chi connectivity index (χ4v) is 6.26. The Hall–Kier alpha value is -3.22. The van der Waals surface area contributed by atoms with Gasteiger partial charge < -0.3 is 25.3 Å². The predicted octanol–water partition coefficient (Wildman–Crippen LogP) is 1.69. The summed E-state index contributed by atoms with van der Waals surface area (Å²) in [7, 11) is 4.22. The topological polar surface area (TPSA) is 100 Å². The summed E-state index contributed by atoms with van der Waals surface area (Å²) < 4.78 is 0. The van der Waals surface area contributed by atoms with Crippen molar-refractivity contribution in [1.82, 2.24) is 20.2 Å². The maximum absolute atomic E-state index is 13.8. The van der Waals surface area contributed by atoms with E-state index in [4.69, 9.17) is 9.97 Å². The van der Waals surface area contributed by atoms with Gasteiger partial charge in [0, 0.05) is 51.2 Å². The Morgan fingerprint density at radius 2 is 2.03 bits per heavy atom. The zero-order chi connectivity index (χ0) is 24.9. The highest BCUT2D eigenvalue weighted by atomic mass is 16.2. The van der Waals surface area contributed by atoms with Crippen molar-refractivity contribution in [2.24, 2.45) is 0 Å². The first kappa shape index (κ1) is 23.2. The number of nitriles is 1. The SMILES string of the molecule is CN(C)C1CN(c2nc3c(c(N4CCN[C@@H](CC#N)C4)n2)NC(=O)C2(CCCc4ccccc42)C3)C1. The van der Waals surface area contributed by atoms with E-state index < -0.39 is 5.41 Å². The summed E-state index contributed by atoms with van der Waals surface area (Å²) in [6, 6.07) is 11.3. The minimum atomic E-state index is -0.585. The van der Waals surface area contributed by atoms with E-state index in [1.165, 1.54) is 5.56 Å². The van der Waals surface area contributed by atoms with Gasteiger partial charge in [-0.3, -0.25) is 4.79 Å². The fraction of sp³-hybridized carbons (Fsp3) is 0.556. The number of carbonyl (C=O) groups is 1. The highest BCUT2D eigenvalue weighted by Gasteiger charge is 2.48. The zero-order valence-corrected chi connectivity index (χ0v) is 21.1. The Morgan fingerprint density at radius 3 is 2.83 bits per heavy atom. The van der Waals surface area contributed by atoms with Crippen molar-refractivity contribution in [3.8, 4) is 6.07 Å². The lowest BCUT2D eigenvalue weighted by molar-refractivity contribution is -0.122. The molecule has 2 N–H and O–H groups in total. The number of rotatable bonds is 4. The summed E-state index contributed by atoms with van der Waals surface area (Å²) in [5.41, 5.74) is 3.51. The van der Waals surface area contributed by atoms with Crippen LogP contribution in [0.4, 0.5) is 17.5 Å². The summed E-state index contributed by atoms with van der Waals surface area (Å²) in [6.07, 6.45) is 3.87. The molecule has 4 heterocycles. The molecule has 1 unspecified atom stereocenters. The number of fused-ring (bicyclic) bond motifs is 3. The van der Waals surface area contributed by atoms with Crippen molar-refractivity contribution in [3.05, 3.63) is 41.1 Å². The maximum Gasteiger partial charge on any atom is 0.235 e. The predicted molar refractivity (Wildman–Crippen MR) is 139 cm³/mol. The largest absolute Gasteiger partial charge is 0.352 e. The summed E-state index contributed by atoms with van der Waals surface area (Å²) in [4.78, 5) is 30.7. The highest BCUT2D eigenvalue weighted by Crippen LogP contribution is 2.46. The monoisotopic (exact) mass is 486 g/mol. The normalized spacial score (nSPS) is 25.7. The summed E-state index contributed by atoms with van der Waals surface area (Å²) in [6.45, 7) is 4.02. The summed E-state index contributed by atoms with van der Waals surface area (Å²) in [5, 5.41) is 16.0. The first-order valence-electron chi connectivity index (χ1n) is 13.1. The van der Waals surface area contributed by atoms with E-state index in [1.54, 1.807) is 0 Å². The summed E-state index contributed by atoms with van der Waals surface area (Å²) in [5.74, 6) is 1.59. The van der Waals surface area contributed by atoms with E-state index in [0.29, 0.717) is 25.4 Å². The third-order valence-electron chi connectivity index (χ3n) is 8.45. The Morgan fingerprint density at radius 1 is 1.19 bits per heavy atom. The van der Waals surface area contributed by atoms with Crippen LogP contribution < -0.4 is 20.4 Å². The number of aromatic nitrogens is 2. The Bertz CT molecular complexity index is 1220. The van der Waals surface area contributed by atoms with Crippen molar-refractivity contribution in [1.29, 1.82) is 5.26 Å². The van der Waals surface area contributed by atoms with Crippen molar-refractivity contribution >= 4 is 23.4 Å². The molecule has 1 aliphatic carbocycles. The van der Waals surface area contributed by atoms with Crippen LogP contribution in [0, 0.1) is 11.3 Å².